The highest BCUT2D eigenvalue weighted by Gasteiger charge is 2.18. The summed E-state index contributed by atoms with van der Waals surface area (Å²) in [5, 5.41) is 19.3. The van der Waals surface area contributed by atoms with Crippen LogP contribution in [0, 0.1) is 0 Å². The fraction of sp³-hybridized carbons (Fsp3) is 0.269. The first-order valence-corrected chi connectivity index (χ1v) is 11.1. The second-order valence-corrected chi connectivity index (χ2v) is 8.46. The van der Waals surface area contributed by atoms with Gasteiger partial charge in [0, 0.05) is 48.5 Å². The van der Waals surface area contributed by atoms with Crippen LogP contribution in [-0.4, -0.2) is 76.4 Å². The van der Waals surface area contributed by atoms with Gasteiger partial charge in [0.1, 0.15) is 17.5 Å². The minimum Gasteiger partial charge on any atom is -0.496 e. The van der Waals surface area contributed by atoms with E-state index >= 15 is 0 Å². The van der Waals surface area contributed by atoms with Gasteiger partial charge in [-0.3, -0.25) is 5.10 Å². The van der Waals surface area contributed by atoms with Crippen LogP contribution >= 0.6 is 0 Å². The molecule has 8 heteroatoms. The molecule has 0 aliphatic heterocycles. The van der Waals surface area contributed by atoms with Crippen LogP contribution in [0.3, 0.4) is 0 Å². The summed E-state index contributed by atoms with van der Waals surface area (Å²) in [4.78, 5) is 13.3. The van der Waals surface area contributed by atoms with Gasteiger partial charge in [-0.1, -0.05) is 24.8 Å². The highest BCUT2D eigenvalue weighted by molar-refractivity contribution is 5.94. The molecule has 0 amide bonds. The third-order valence-corrected chi connectivity index (χ3v) is 5.81. The Balaban J connectivity index is 1.65. The van der Waals surface area contributed by atoms with Crippen molar-refractivity contribution >= 4 is 11.0 Å². The van der Waals surface area contributed by atoms with E-state index in [0.717, 1.165) is 41.0 Å². The Morgan fingerprint density at radius 2 is 1.91 bits per heavy atom. The molecular weight excluding hydrogens is 428 g/mol. The Labute approximate surface area is 199 Å². The number of nitrogens with one attached hydrogen (secondary N) is 1. The number of aromatic nitrogens is 4. The summed E-state index contributed by atoms with van der Waals surface area (Å²) in [6.45, 7) is 5.71. The van der Waals surface area contributed by atoms with E-state index in [1.807, 2.05) is 74.6 Å². The highest BCUT2D eigenvalue weighted by Crippen LogP contribution is 2.34. The lowest BCUT2D eigenvalue weighted by molar-refractivity contribution is 0.167. The van der Waals surface area contributed by atoms with Crippen molar-refractivity contribution in [2.45, 2.75) is 6.10 Å². The molecule has 2 N–H and O–H groups in total. The Bertz CT molecular complexity index is 1300. The number of rotatable bonds is 9. The van der Waals surface area contributed by atoms with Crippen LogP contribution in [-0.2, 0) is 0 Å². The lowest BCUT2D eigenvalue weighted by Gasteiger charge is -2.26. The topological polar surface area (TPSA) is 90.4 Å². The van der Waals surface area contributed by atoms with Crippen LogP contribution in [0.5, 0.6) is 5.75 Å². The summed E-state index contributed by atoms with van der Waals surface area (Å²) in [6, 6.07) is 15.3. The first kappa shape index (κ1) is 23.4. The fourth-order valence-electron chi connectivity index (χ4n) is 3.73. The van der Waals surface area contributed by atoms with Crippen LogP contribution in [0.2, 0.25) is 0 Å². The van der Waals surface area contributed by atoms with Crippen LogP contribution in [0.15, 0.2) is 67.0 Å². The maximum absolute atomic E-state index is 10.9. The molecule has 0 saturated heterocycles. The molecular formula is C26H30N6O2. The summed E-state index contributed by atoms with van der Waals surface area (Å²) in [7, 11) is 7.60. The molecule has 0 fully saturated rings. The maximum atomic E-state index is 10.9. The summed E-state index contributed by atoms with van der Waals surface area (Å²) < 4.78 is 5.52. The maximum Gasteiger partial charge on any atom is 0.155 e. The SMILES string of the molecule is C=C(C(O)c1cccc(-c2cnc3[nH]nc(-c4ccccc4OC)c3c2)n1)N(C)CCN(C)C. The predicted octanol–water partition coefficient (Wildman–Crippen LogP) is 3.74. The molecule has 1 atom stereocenters. The number of methoxy groups -OCH3 is 1. The minimum absolute atomic E-state index is 0.538. The van der Waals surface area contributed by atoms with Crippen molar-refractivity contribution in [3.8, 4) is 28.3 Å². The van der Waals surface area contributed by atoms with Crippen molar-refractivity contribution in [2.75, 3.05) is 41.3 Å². The van der Waals surface area contributed by atoms with Crippen molar-refractivity contribution in [3.05, 3.63) is 72.7 Å². The number of fused-ring (bicyclic) bond motifs is 1. The van der Waals surface area contributed by atoms with Gasteiger partial charge in [0.05, 0.1) is 18.5 Å². The molecule has 0 saturated carbocycles. The molecule has 176 valence electrons. The highest BCUT2D eigenvalue weighted by atomic mass is 16.5. The normalized spacial score (nSPS) is 12.2. The lowest BCUT2D eigenvalue weighted by atomic mass is 10.1. The van der Waals surface area contributed by atoms with Crippen molar-refractivity contribution in [2.24, 2.45) is 0 Å². The Morgan fingerprint density at radius 3 is 2.68 bits per heavy atom. The number of aliphatic hydroxyl groups is 1. The van der Waals surface area contributed by atoms with Crippen LogP contribution in [0.1, 0.15) is 11.8 Å². The smallest absolute Gasteiger partial charge is 0.155 e. The van der Waals surface area contributed by atoms with Gasteiger partial charge in [-0.15, -0.1) is 0 Å². The number of para-hydroxylation sites is 1. The minimum atomic E-state index is -0.901. The number of hydrogen-bond acceptors (Lipinski definition) is 7. The molecule has 4 aromatic rings. The Hall–Kier alpha value is -3.75. The molecule has 0 spiro atoms. The van der Waals surface area contributed by atoms with E-state index in [1.165, 1.54) is 0 Å². The number of aliphatic hydroxyl groups excluding tert-OH is 1. The van der Waals surface area contributed by atoms with Gasteiger partial charge in [0.2, 0.25) is 0 Å². The first-order chi connectivity index (χ1) is 16.4. The number of aromatic amines is 1. The average molecular weight is 459 g/mol. The van der Waals surface area contributed by atoms with Gasteiger partial charge in [-0.2, -0.15) is 5.10 Å². The fourth-order valence-corrected chi connectivity index (χ4v) is 3.73. The number of pyridine rings is 2. The zero-order chi connectivity index (χ0) is 24.2. The van der Waals surface area contributed by atoms with E-state index in [1.54, 1.807) is 13.3 Å². The van der Waals surface area contributed by atoms with Crippen molar-refractivity contribution in [1.29, 1.82) is 0 Å². The number of hydrogen-bond donors (Lipinski definition) is 2. The molecule has 3 heterocycles. The zero-order valence-corrected chi connectivity index (χ0v) is 20.0. The number of nitrogens with zero attached hydrogens (tertiary/aromatic N) is 5. The number of benzene rings is 1. The number of ether oxygens (including phenoxy) is 1. The molecule has 1 unspecified atom stereocenters. The van der Waals surface area contributed by atoms with E-state index in [2.05, 4.69) is 26.7 Å². The zero-order valence-electron chi connectivity index (χ0n) is 20.0. The van der Waals surface area contributed by atoms with Crippen molar-refractivity contribution in [3.63, 3.8) is 0 Å². The summed E-state index contributed by atoms with van der Waals surface area (Å²) in [6.07, 6.45) is 0.852. The van der Waals surface area contributed by atoms with Crippen LogP contribution in [0.25, 0.3) is 33.5 Å². The van der Waals surface area contributed by atoms with Gasteiger partial charge >= 0.3 is 0 Å². The Kier molecular flexibility index (Phi) is 6.90. The first-order valence-electron chi connectivity index (χ1n) is 11.1. The number of H-pyrrole nitrogens is 1. The van der Waals surface area contributed by atoms with E-state index in [-0.39, 0.29) is 0 Å². The average Bonchev–Trinajstić information content (AvgIpc) is 3.29. The van der Waals surface area contributed by atoms with Gasteiger partial charge in [-0.25, -0.2) is 9.97 Å². The van der Waals surface area contributed by atoms with Gasteiger partial charge in [0.25, 0.3) is 0 Å². The standard InChI is InChI=1S/C26H30N6O2/c1-17(32(4)14-13-31(2)3)25(33)22-11-8-10-21(28-22)18-15-20-24(29-30-26(20)27-16-18)19-9-6-7-12-23(19)34-5/h6-12,15-16,25,33H,1,13-14H2,2-5H3,(H,27,29,30). The molecule has 0 aliphatic rings. The lowest BCUT2D eigenvalue weighted by Crippen LogP contribution is -2.30. The molecule has 3 aromatic heterocycles. The summed E-state index contributed by atoms with van der Waals surface area (Å²) in [5.41, 5.74) is 4.99. The quantitative estimate of drug-likeness (QED) is 0.395. The van der Waals surface area contributed by atoms with Crippen LogP contribution < -0.4 is 4.74 Å². The number of likely N-dealkylation sites (N-methyl/N-ethyl adjacent to an activating group) is 2. The molecule has 0 aliphatic carbocycles. The van der Waals surface area contributed by atoms with E-state index in [4.69, 9.17) is 9.72 Å². The molecule has 34 heavy (non-hydrogen) atoms. The molecule has 4 rings (SSSR count). The van der Waals surface area contributed by atoms with E-state index < -0.39 is 6.10 Å². The second kappa shape index (κ2) is 10.0. The van der Waals surface area contributed by atoms with Gasteiger partial charge in [-0.05, 0) is 44.4 Å². The monoisotopic (exact) mass is 458 g/mol. The molecule has 1 aromatic carbocycles. The van der Waals surface area contributed by atoms with E-state index in [9.17, 15) is 5.11 Å². The van der Waals surface area contributed by atoms with E-state index in [0.29, 0.717) is 22.7 Å². The largest absolute Gasteiger partial charge is 0.496 e. The molecule has 8 nitrogen and oxygen atoms in total. The van der Waals surface area contributed by atoms with Crippen molar-refractivity contribution in [1.82, 2.24) is 30.0 Å². The van der Waals surface area contributed by atoms with Crippen LogP contribution in [0.4, 0.5) is 0 Å². The van der Waals surface area contributed by atoms with Gasteiger partial charge in [0.15, 0.2) is 5.65 Å². The predicted molar refractivity (Wildman–Crippen MR) is 134 cm³/mol. The van der Waals surface area contributed by atoms with Gasteiger partial charge < -0.3 is 19.6 Å². The third-order valence-electron chi connectivity index (χ3n) is 5.81. The van der Waals surface area contributed by atoms with Crippen molar-refractivity contribution < 1.29 is 9.84 Å². The summed E-state index contributed by atoms with van der Waals surface area (Å²) in [5.74, 6) is 0.737. The summed E-state index contributed by atoms with van der Waals surface area (Å²) >= 11 is 0. The second-order valence-electron chi connectivity index (χ2n) is 8.46. The molecule has 0 bridgehead atoms. The third kappa shape index (κ3) is 4.78. The Morgan fingerprint density at radius 1 is 1.12 bits per heavy atom. The molecule has 0 radical (unpaired) electrons.